The fourth-order valence-corrected chi connectivity index (χ4v) is 1.90. The zero-order valence-electron chi connectivity index (χ0n) is 12.9. The standard InChI is InChI=1S/C18H24N2/c1-7-17(20-6)12-18(13(2)3)16-10-8-15(9-11-16)14(4)19-5/h7-12,19-20H,1,4H2,2-3,5-6H3/b17-12+. The molecule has 0 aromatic heterocycles. The Bertz CT molecular complexity index is 541. The van der Waals surface area contributed by atoms with E-state index < -0.39 is 0 Å². The predicted octanol–water partition coefficient (Wildman–Crippen LogP) is 3.96. The van der Waals surface area contributed by atoms with Crippen molar-refractivity contribution in [2.75, 3.05) is 14.1 Å². The van der Waals surface area contributed by atoms with Gasteiger partial charge in [0.15, 0.2) is 0 Å². The molecule has 2 nitrogen and oxygen atoms in total. The van der Waals surface area contributed by atoms with Crippen molar-refractivity contribution in [2.24, 2.45) is 0 Å². The number of likely N-dealkylation sites (N-methyl/N-ethyl adjacent to an activating group) is 1. The van der Waals surface area contributed by atoms with E-state index in [0.29, 0.717) is 0 Å². The van der Waals surface area contributed by atoms with Crippen molar-refractivity contribution in [3.63, 3.8) is 0 Å². The Morgan fingerprint density at radius 2 is 1.55 bits per heavy atom. The summed E-state index contributed by atoms with van der Waals surface area (Å²) in [4.78, 5) is 0. The van der Waals surface area contributed by atoms with Gasteiger partial charge in [0.2, 0.25) is 0 Å². The van der Waals surface area contributed by atoms with E-state index in [2.05, 4.69) is 68.0 Å². The van der Waals surface area contributed by atoms with Gasteiger partial charge in [-0.1, -0.05) is 43.0 Å². The van der Waals surface area contributed by atoms with Crippen LogP contribution in [0.25, 0.3) is 11.3 Å². The van der Waals surface area contributed by atoms with Crippen molar-refractivity contribution < 1.29 is 0 Å². The van der Waals surface area contributed by atoms with Gasteiger partial charge in [0.1, 0.15) is 0 Å². The Kier molecular flexibility index (Phi) is 5.85. The Morgan fingerprint density at radius 1 is 1.00 bits per heavy atom. The van der Waals surface area contributed by atoms with E-state index in [1.54, 1.807) is 0 Å². The van der Waals surface area contributed by atoms with Gasteiger partial charge in [0.25, 0.3) is 0 Å². The average Bonchev–Trinajstić information content (AvgIpc) is 2.47. The third-order valence-electron chi connectivity index (χ3n) is 3.19. The van der Waals surface area contributed by atoms with Crippen LogP contribution in [0.4, 0.5) is 0 Å². The third kappa shape index (κ3) is 3.89. The van der Waals surface area contributed by atoms with Crippen LogP contribution in [-0.2, 0) is 0 Å². The summed E-state index contributed by atoms with van der Waals surface area (Å²) in [5.74, 6) is 0. The van der Waals surface area contributed by atoms with Gasteiger partial charge in [0, 0.05) is 25.5 Å². The summed E-state index contributed by atoms with van der Waals surface area (Å²) in [6.07, 6.45) is 3.93. The number of hydrogen-bond donors (Lipinski definition) is 2. The molecule has 0 bridgehead atoms. The van der Waals surface area contributed by atoms with Crippen molar-refractivity contribution in [2.45, 2.75) is 13.8 Å². The molecule has 0 aliphatic carbocycles. The normalized spacial score (nSPS) is 10.7. The minimum absolute atomic E-state index is 0.924. The summed E-state index contributed by atoms with van der Waals surface area (Å²) in [6.45, 7) is 12.0. The molecule has 0 fully saturated rings. The molecule has 2 heteroatoms. The quantitative estimate of drug-likeness (QED) is 0.763. The lowest BCUT2D eigenvalue weighted by Gasteiger charge is -2.10. The van der Waals surface area contributed by atoms with Gasteiger partial charge in [-0.05, 0) is 42.7 Å². The van der Waals surface area contributed by atoms with Gasteiger partial charge >= 0.3 is 0 Å². The van der Waals surface area contributed by atoms with E-state index in [1.165, 1.54) is 16.7 Å². The largest absolute Gasteiger partial charge is 0.388 e. The molecule has 106 valence electrons. The molecule has 2 N–H and O–H groups in total. The number of hydrogen-bond acceptors (Lipinski definition) is 2. The summed E-state index contributed by atoms with van der Waals surface area (Å²) in [6, 6.07) is 8.40. The van der Waals surface area contributed by atoms with Crippen molar-refractivity contribution in [3.8, 4) is 0 Å². The molecule has 0 saturated heterocycles. The number of benzene rings is 1. The van der Waals surface area contributed by atoms with E-state index in [9.17, 15) is 0 Å². The maximum Gasteiger partial charge on any atom is 0.0338 e. The minimum Gasteiger partial charge on any atom is -0.388 e. The van der Waals surface area contributed by atoms with Gasteiger partial charge in [-0.2, -0.15) is 0 Å². The first-order valence-electron chi connectivity index (χ1n) is 6.70. The Morgan fingerprint density at radius 3 is 1.95 bits per heavy atom. The highest BCUT2D eigenvalue weighted by molar-refractivity contribution is 5.78. The lowest BCUT2D eigenvalue weighted by Crippen LogP contribution is -2.04. The molecule has 0 radical (unpaired) electrons. The van der Waals surface area contributed by atoms with Crippen LogP contribution in [0.5, 0.6) is 0 Å². The molecule has 0 spiro atoms. The molecular formula is C18H24N2. The first kappa shape index (κ1) is 15.8. The van der Waals surface area contributed by atoms with Gasteiger partial charge in [-0.25, -0.2) is 0 Å². The Hall–Kier alpha value is -2.22. The molecule has 20 heavy (non-hydrogen) atoms. The molecule has 0 saturated carbocycles. The van der Waals surface area contributed by atoms with Gasteiger partial charge in [-0.15, -0.1) is 0 Å². The van der Waals surface area contributed by atoms with E-state index in [1.807, 2.05) is 20.2 Å². The fraction of sp³-hybridized carbons (Fsp3) is 0.222. The first-order chi connectivity index (χ1) is 9.53. The lowest BCUT2D eigenvalue weighted by molar-refractivity contribution is 1.03. The molecule has 0 unspecified atom stereocenters. The van der Waals surface area contributed by atoms with Crippen molar-refractivity contribution in [1.82, 2.24) is 10.6 Å². The second kappa shape index (κ2) is 7.39. The number of rotatable bonds is 6. The molecule has 0 aliphatic rings. The summed E-state index contributed by atoms with van der Waals surface area (Å²) in [5.41, 5.74) is 6.69. The van der Waals surface area contributed by atoms with Gasteiger partial charge in [0.05, 0.1) is 0 Å². The highest BCUT2D eigenvalue weighted by Crippen LogP contribution is 2.23. The van der Waals surface area contributed by atoms with E-state index in [4.69, 9.17) is 0 Å². The maximum atomic E-state index is 3.97. The zero-order chi connectivity index (χ0) is 15.1. The SMILES string of the molecule is C=C/C(=C\C(=C(C)C)c1ccc(C(=C)NC)cc1)NC. The summed E-state index contributed by atoms with van der Waals surface area (Å²) < 4.78 is 0. The first-order valence-corrected chi connectivity index (χ1v) is 6.70. The lowest BCUT2D eigenvalue weighted by atomic mass is 9.98. The maximum absolute atomic E-state index is 3.97. The molecule has 0 heterocycles. The van der Waals surface area contributed by atoms with Crippen LogP contribution in [0.3, 0.4) is 0 Å². The average molecular weight is 268 g/mol. The van der Waals surface area contributed by atoms with Crippen LogP contribution >= 0.6 is 0 Å². The second-order valence-corrected chi connectivity index (χ2v) is 4.77. The van der Waals surface area contributed by atoms with E-state index >= 15 is 0 Å². The Balaban J connectivity index is 3.19. The zero-order valence-corrected chi connectivity index (χ0v) is 12.9. The van der Waals surface area contributed by atoms with Crippen LogP contribution in [0.15, 0.2) is 60.8 Å². The van der Waals surface area contributed by atoms with Crippen LogP contribution in [-0.4, -0.2) is 14.1 Å². The Labute approximate surface area is 122 Å². The predicted molar refractivity (Wildman–Crippen MR) is 90.1 cm³/mol. The summed E-state index contributed by atoms with van der Waals surface area (Å²) in [7, 11) is 3.78. The van der Waals surface area contributed by atoms with Gasteiger partial charge < -0.3 is 10.6 Å². The van der Waals surface area contributed by atoms with Gasteiger partial charge in [-0.3, -0.25) is 0 Å². The van der Waals surface area contributed by atoms with Crippen molar-refractivity contribution in [1.29, 1.82) is 0 Å². The second-order valence-electron chi connectivity index (χ2n) is 4.77. The van der Waals surface area contributed by atoms with E-state index in [0.717, 1.165) is 17.0 Å². The van der Waals surface area contributed by atoms with Crippen LogP contribution in [0, 0.1) is 0 Å². The number of allylic oxidation sites excluding steroid dienone is 4. The molecule has 1 rings (SSSR count). The molecule has 0 amide bonds. The molecule has 0 atom stereocenters. The molecule has 1 aromatic carbocycles. The molecule has 0 aliphatic heterocycles. The smallest absolute Gasteiger partial charge is 0.0338 e. The van der Waals surface area contributed by atoms with Crippen molar-refractivity contribution >= 4 is 11.3 Å². The minimum atomic E-state index is 0.924. The monoisotopic (exact) mass is 268 g/mol. The van der Waals surface area contributed by atoms with Crippen LogP contribution in [0.2, 0.25) is 0 Å². The summed E-state index contributed by atoms with van der Waals surface area (Å²) in [5, 5.41) is 6.19. The highest BCUT2D eigenvalue weighted by atomic mass is 14.8. The topological polar surface area (TPSA) is 24.1 Å². The summed E-state index contributed by atoms with van der Waals surface area (Å²) >= 11 is 0. The van der Waals surface area contributed by atoms with Crippen LogP contribution < -0.4 is 10.6 Å². The van der Waals surface area contributed by atoms with E-state index in [-0.39, 0.29) is 0 Å². The highest BCUT2D eigenvalue weighted by Gasteiger charge is 2.03. The van der Waals surface area contributed by atoms with Crippen molar-refractivity contribution in [3.05, 3.63) is 72.0 Å². The number of nitrogens with one attached hydrogen (secondary N) is 2. The van der Waals surface area contributed by atoms with Crippen LogP contribution in [0.1, 0.15) is 25.0 Å². The molecule has 1 aromatic rings. The third-order valence-corrected chi connectivity index (χ3v) is 3.19. The fourth-order valence-electron chi connectivity index (χ4n) is 1.90. The molecular weight excluding hydrogens is 244 g/mol.